The van der Waals surface area contributed by atoms with Gasteiger partial charge in [-0.3, -0.25) is 9.59 Å². The van der Waals surface area contributed by atoms with Crippen molar-refractivity contribution < 1.29 is 9.90 Å². The second-order valence-electron chi connectivity index (χ2n) is 6.01. The number of amides is 1. The molecule has 4 rings (SSSR count). The van der Waals surface area contributed by atoms with Crippen molar-refractivity contribution in [1.82, 2.24) is 10.4 Å². The quantitative estimate of drug-likeness (QED) is 0.388. The predicted octanol–water partition coefficient (Wildman–Crippen LogP) is 3.15. The second-order valence-corrected chi connectivity index (χ2v) is 6.01. The number of hydrogen-bond acceptors (Lipinski definition) is 4. The number of phenolic OH excluding ortho intramolecular Hbond substituents is 1. The topological polar surface area (TPSA) is 94.5 Å². The van der Waals surface area contributed by atoms with Crippen LogP contribution in [0.2, 0.25) is 0 Å². The zero-order chi connectivity index (χ0) is 18.8. The highest BCUT2D eigenvalue weighted by atomic mass is 16.3. The van der Waals surface area contributed by atoms with Crippen LogP contribution < -0.4 is 11.0 Å². The molecule has 0 aliphatic heterocycles. The van der Waals surface area contributed by atoms with Gasteiger partial charge in [0.1, 0.15) is 5.75 Å². The number of fused-ring (bicyclic) bond motifs is 2. The molecule has 1 aromatic heterocycles. The lowest BCUT2D eigenvalue weighted by Crippen LogP contribution is -2.20. The maximum absolute atomic E-state index is 12.5. The Balaban J connectivity index is 1.66. The molecule has 0 aliphatic rings. The maximum Gasteiger partial charge on any atom is 0.272 e. The van der Waals surface area contributed by atoms with Gasteiger partial charge in [0.2, 0.25) is 5.56 Å². The zero-order valence-corrected chi connectivity index (χ0v) is 14.1. The fourth-order valence-corrected chi connectivity index (χ4v) is 3.03. The number of carbonyl (C=O) groups is 1. The average molecular weight is 357 g/mol. The Morgan fingerprint density at radius 3 is 2.59 bits per heavy atom. The lowest BCUT2D eigenvalue weighted by atomic mass is 10.0. The molecule has 0 spiro atoms. The number of hydrazone groups is 1. The highest BCUT2D eigenvalue weighted by molar-refractivity contribution is 6.07. The first-order chi connectivity index (χ1) is 13.1. The molecule has 27 heavy (non-hydrogen) atoms. The number of phenols is 1. The van der Waals surface area contributed by atoms with E-state index in [1.165, 1.54) is 12.3 Å². The van der Waals surface area contributed by atoms with Crippen LogP contribution in [0, 0.1) is 0 Å². The molecule has 6 nitrogen and oxygen atoms in total. The summed E-state index contributed by atoms with van der Waals surface area (Å²) >= 11 is 0. The van der Waals surface area contributed by atoms with Crippen LogP contribution in [0.5, 0.6) is 5.75 Å². The molecule has 4 aromatic rings. The van der Waals surface area contributed by atoms with E-state index in [-0.39, 0.29) is 16.9 Å². The third-order valence-corrected chi connectivity index (χ3v) is 4.30. The first kappa shape index (κ1) is 16.5. The van der Waals surface area contributed by atoms with Crippen LogP contribution in [0.1, 0.15) is 15.9 Å². The van der Waals surface area contributed by atoms with Gasteiger partial charge in [0, 0.05) is 22.5 Å². The van der Waals surface area contributed by atoms with Crippen molar-refractivity contribution >= 4 is 33.8 Å². The number of hydrogen-bond donors (Lipinski definition) is 3. The highest BCUT2D eigenvalue weighted by Crippen LogP contribution is 2.25. The van der Waals surface area contributed by atoms with E-state index in [0.29, 0.717) is 16.5 Å². The van der Waals surface area contributed by atoms with Crippen LogP contribution in [0.15, 0.2) is 76.6 Å². The number of rotatable bonds is 3. The van der Waals surface area contributed by atoms with Crippen molar-refractivity contribution in [1.29, 1.82) is 0 Å². The molecule has 1 heterocycles. The molecular formula is C21H15N3O3. The number of aromatic nitrogens is 1. The Morgan fingerprint density at radius 2 is 1.74 bits per heavy atom. The summed E-state index contributed by atoms with van der Waals surface area (Å²) in [4.78, 5) is 27.0. The minimum atomic E-state index is -0.506. The third kappa shape index (κ3) is 3.16. The molecule has 0 fully saturated rings. The minimum absolute atomic E-state index is 0.0632. The molecule has 132 valence electrons. The van der Waals surface area contributed by atoms with E-state index in [4.69, 9.17) is 0 Å². The summed E-state index contributed by atoms with van der Waals surface area (Å²) in [6.07, 6.45) is 1.39. The van der Waals surface area contributed by atoms with Gasteiger partial charge in [0.15, 0.2) is 0 Å². The van der Waals surface area contributed by atoms with E-state index in [2.05, 4.69) is 15.5 Å². The maximum atomic E-state index is 12.5. The second kappa shape index (κ2) is 6.76. The number of pyridine rings is 1. The molecular weight excluding hydrogens is 342 g/mol. The number of aromatic amines is 1. The first-order valence-corrected chi connectivity index (χ1v) is 8.30. The van der Waals surface area contributed by atoms with Gasteiger partial charge in [0.05, 0.1) is 11.8 Å². The predicted molar refractivity (Wildman–Crippen MR) is 105 cm³/mol. The zero-order valence-electron chi connectivity index (χ0n) is 14.1. The van der Waals surface area contributed by atoms with Crippen molar-refractivity contribution in [3.63, 3.8) is 0 Å². The smallest absolute Gasteiger partial charge is 0.272 e. The summed E-state index contributed by atoms with van der Waals surface area (Å²) in [5, 5.41) is 16.5. The first-order valence-electron chi connectivity index (χ1n) is 8.30. The van der Waals surface area contributed by atoms with Gasteiger partial charge in [-0.1, -0.05) is 48.5 Å². The summed E-state index contributed by atoms with van der Waals surface area (Å²) < 4.78 is 0. The molecule has 0 unspecified atom stereocenters. The van der Waals surface area contributed by atoms with Gasteiger partial charge >= 0.3 is 0 Å². The van der Waals surface area contributed by atoms with Crippen LogP contribution in [-0.2, 0) is 0 Å². The number of aromatic hydroxyl groups is 1. The highest BCUT2D eigenvalue weighted by Gasteiger charge is 2.11. The molecule has 0 bridgehead atoms. The Hall–Kier alpha value is -3.93. The summed E-state index contributed by atoms with van der Waals surface area (Å²) in [7, 11) is 0. The average Bonchev–Trinajstić information content (AvgIpc) is 2.68. The molecule has 1 amide bonds. The molecule has 3 N–H and O–H groups in total. The Morgan fingerprint density at radius 1 is 1.00 bits per heavy atom. The number of benzene rings is 3. The van der Waals surface area contributed by atoms with Crippen LogP contribution in [0.25, 0.3) is 21.7 Å². The van der Waals surface area contributed by atoms with Crippen LogP contribution in [-0.4, -0.2) is 22.2 Å². The standard InChI is InChI=1S/C21H15N3O3/c25-19-10-9-13-5-1-2-6-14(13)17(19)12-22-24-21(27)16-11-20(26)23-18-8-4-3-7-15(16)18/h1-12,25H,(H,23,26)(H,24,27). The number of nitrogens with zero attached hydrogens (tertiary/aromatic N) is 1. The van der Waals surface area contributed by atoms with Crippen LogP contribution >= 0.6 is 0 Å². The van der Waals surface area contributed by atoms with E-state index in [1.807, 2.05) is 30.3 Å². The summed E-state index contributed by atoms with van der Waals surface area (Å²) in [5.74, 6) is -0.443. The summed E-state index contributed by atoms with van der Waals surface area (Å²) in [6.45, 7) is 0. The van der Waals surface area contributed by atoms with E-state index in [9.17, 15) is 14.7 Å². The third-order valence-electron chi connectivity index (χ3n) is 4.30. The van der Waals surface area contributed by atoms with Crippen LogP contribution in [0.4, 0.5) is 0 Å². The van der Waals surface area contributed by atoms with Gasteiger partial charge in [-0.2, -0.15) is 5.10 Å². The lowest BCUT2D eigenvalue weighted by molar-refractivity contribution is 0.0956. The molecule has 0 saturated heterocycles. The van der Waals surface area contributed by atoms with E-state index in [1.54, 1.807) is 30.3 Å². The molecule has 3 aromatic carbocycles. The number of para-hydroxylation sites is 1. The SMILES string of the molecule is O=C(NN=Cc1c(O)ccc2ccccc12)c1cc(=O)[nH]c2ccccc12. The molecule has 0 saturated carbocycles. The largest absolute Gasteiger partial charge is 0.507 e. The molecule has 6 heteroatoms. The normalized spacial score (nSPS) is 11.3. The Bertz CT molecular complexity index is 1260. The lowest BCUT2D eigenvalue weighted by Gasteiger charge is -2.06. The number of H-pyrrole nitrogens is 1. The van der Waals surface area contributed by atoms with Gasteiger partial charge < -0.3 is 10.1 Å². The van der Waals surface area contributed by atoms with E-state index < -0.39 is 5.91 Å². The molecule has 0 radical (unpaired) electrons. The molecule has 0 atom stereocenters. The number of carbonyl (C=O) groups excluding carboxylic acids is 1. The monoisotopic (exact) mass is 357 g/mol. The van der Waals surface area contributed by atoms with Gasteiger partial charge in [-0.15, -0.1) is 0 Å². The molecule has 0 aliphatic carbocycles. The van der Waals surface area contributed by atoms with Crippen LogP contribution in [0.3, 0.4) is 0 Å². The number of nitrogens with one attached hydrogen (secondary N) is 2. The Kier molecular flexibility index (Phi) is 4.14. The summed E-state index contributed by atoms with van der Waals surface area (Å²) in [5.41, 5.74) is 3.37. The van der Waals surface area contributed by atoms with Crippen molar-refractivity contribution in [2.75, 3.05) is 0 Å². The Labute approximate surface area is 153 Å². The van der Waals surface area contributed by atoms with E-state index in [0.717, 1.165) is 10.8 Å². The fraction of sp³-hybridized carbons (Fsp3) is 0. The van der Waals surface area contributed by atoms with Crippen molar-refractivity contribution in [2.45, 2.75) is 0 Å². The van der Waals surface area contributed by atoms with Gasteiger partial charge in [0.25, 0.3) is 5.91 Å². The van der Waals surface area contributed by atoms with Gasteiger partial charge in [-0.05, 0) is 22.9 Å². The van der Waals surface area contributed by atoms with Crippen molar-refractivity contribution in [3.8, 4) is 5.75 Å². The fourth-order valence-electron chi connectivity index (χ4n) is 3.03. The van der Waals surface area contributed by atoms with Crippen molar-refractivity contribution in [3.05, 3.63) is 88.2 Å². The van der Waals surface area contributed by atoms with Gasteiger partial charge in [-0.25, -0.2) is 5.43 Å². The van der Waals surface area contributed by atoms with Crippen molar-refractivity contribution in [2.24, 2.45) is 5.10 Å². The summed E-state index contributed by atoms with van der Waals surface area (Å²) in [6, 6.07) is 19.2. The van der Waals surface area contributed by atoms with E-state index >= 15 is 0 Å². The minimum Gasteiger partial charge on any atom is -0.507 e.